The third-order valence-electron chi connectivity index (χ3n) is 4.24. The summed E-state index contributed by atoms with van der Waals surface area (Å²) in [6, 6.07) is 1.20. The number of carbonyl (C=O) groups excluding carboxylic acids is 1. The van der Waals surface area contributed by atoms with Crippen LogP contribution in [0.2, 0.25) is 0 Å². The van der Waals surface area contributed by atoms with E-state index in [1.54, 1.807) is 0 Å². The van der Waals surface area contributed by atoms with Crippen LogP contribution in [0.3, 0.4) is 0 Å². The maximum atomic E-state index is 12.0. The highest BCUT2D eigenvalue weighted by atomic mass is 16.1. The molecule has 1 heterocycles. The van der Waals surface area contributed by atoms with Crippen molar-refractivity contribution in [2.45, 2.75) is 38.8 Å². The van der Waals surface area contributed by atoms with Crippen LogP contribution in [0.25, 0.3) is 0 Å². The Balaban J connectivity index is 1.71. The van der Waals surface area contributed by atoms with E-state index in [0.29, 0.717) is 12.0 Å². The molecule has 0 spiro atoms. The lowest BCUT2D eigenvalue weighted by molar-refractivity contribution is -0.125. The van der Waals surface area contributed by atoms with E-state index < -0.39 is 0 Å². The van der Waals surface area contributed by atoms with E-state index in [1.165, 1.54) is 12.8 Å². The van der Waals surface area contributed by atoms with Crippen molar-refractivity contribution < 1.29 is 4.79 Å². The summed E-state index contributed by atoms with van der Waals surface area (Å²) in [5, 5.41) is 6.37. The predicted octanol–water partition coefficient (Wildman–Crippen LogP) is 0.441. The van der Waals surface area contributed by atoms with Crippen LogP contribution in [0, 0.1) is 11.8 Å². The fourth-order valence-corrected chi connectivity index (χ4v) is 2.53. The highest BCUT2D eigenvalue weighted by Gasteiger charge is 2.31. The van der Waals surface area contributed by atoms with E-state index in [2.05, 4.69) is 36.4 Å². The number of rotatable bonds is 5. The Bertz CT molecular complexity index is 278. The van der Waals surface area contributed by atoms with Crippen LogP contribution in [-0.2, 0) is 4.79 Å². The van der Waals surface area contributed by atoms with Gasteiger partial charge in [-0.1, -0.05) is 6.92 Å². The van der Waals surface area contributed by atoms with E-state index >= 15 is 0 Å². The van der Waals surface area contributed by atoms with Gasteiger partial charge in [0, 0.05) is 25.2 Å². The molecular formula is C13H25N3O. The lowest BCUT2D eigenvalue weighted by Crippen LogP contribution is -2.44. The fraction of sp³-hybridized carbons (Fsp3) is 0.923. The summed E-state index contributed by atoms with van der Waals surface area (Å²) in [6.07, 6.45) is 2.64. The standard InChI is InChI=1S/C13H25N3O/c1-9-6-14-8-12(9)13(17)15-7-10(2)16(3)11-4-5-11/h9-12,14H,4-8H2,1-3H3,(H,15,17). The smallest absolute Gasteiger partial charge is 0.224 e. The van der Waals surface area contributed by atoms with Crippen LogP contribution in [0.5, 0.6) is 0 Å². The summed E-state index contributed by atoms with van der Waals surface area (Å²) in [4.78, 5) is 14.4. The normalized spacial score (nSPS) is 30.6. The van der Waals surface area contributed by atoms with Gasteiger partial charge in [-0.2, -0.15) is 0 Å². The maximum absolute atomic E-state index is 12.0. The van der Waals surface area contributed by atoms with E-state index in [4.69, 9.17) is 0 Å². The quantitative estimate of drug-likeness (QED) is 0.732. The molecule has 2 aliphatic rings. The van der Waals surface area contributed by atoms with Crippen LogP contribution < -0.4 is 10.6 Å². The Labute approximate surface area is 104 Å². The Morgan fingerprint density at radius 1 is 1.47 bits per heavy atom. The summed E-state index contributed by atoms with van der Waals surface area (Å²) in [7, 11) is 2.16. The largest absolute Gasteiger partial charge is 0.354 e. The van der Waals surface area contributed by atoms with Gasteiger partial charge < -0.3 is 10.6 Å². The molecule has 3 unspecified atom stereocenters. The second kappa shape index (κ2) is 5.36. The second-order valence-corrected chi connectivity index (χ2v) is 5.73. The van der Waals surface area contributed by atoms with Crippen LogP contribution in [0.1, 0.15) is 26.7 Å². The molecule has 4 heteroatoms. The summed E-state index contributed by atoms with van der Waals surface area (Å²) in [5.41, 5.74) is 0. The minimum atomic E-state index is 0.161. The molecule has 2 fully saturated rings. The fourth-order valence-electron chi connectivity index (χ4n) is 2.53. The van der Waals surface area contributed by atoms with Crippen LogP contribution >= 0.6 is 0 Å². The lowest BCUT2D eigenvalue weighted by Gasteiger charge is -2.25. The zero-order valence-electron chi connectivity index (χ0n) is 11.2. The van der Waals surface area contributed by atoms with Crippen molar-refractivity contribution in [1.82, 2.24) is 15.5 Å². The summed E-state index contributed by atoms with van der Waals surface area (Å²) < 4.78 is 0. The molecule has 1 aliphatic heterocycles. The number of amides is 1. The number of hydrogen-bond acceptors (Lipinski definition) is 3. The Kier molecular flexibility index (Phi) is 4.05. The molecule has 3 atom stereocenters. The number of hydrogen-bond donors (Lipinski definition) is 2. The van der Waals surface area contributed by atoms with Crippen LogP contribution in [0.15, 0.2) is 0 Å². The summed E-state index contributed by atoms with van der Waals surface area (Å²) >= 11 is 0. The van der Waals surface area contributed by atoms with Crippen molar-refractivity contribution in [3.8, 4) is 0 Å². The molecule has 4 nitrogen and oxygen atoms in total. The first-order valence-electron chi connectivity index (χ1n) is 6.80. The first kappa shape index (κ1) is 12.8. The average Bonchev–Trinajstić information content (AvgIpc) is 3.07. The molecule has 2 N–H and O–H groups in total. The number of carbonyl (C=O) groups is 1. The second-order valence-electron chi connectivity index (χ2n) is 5.73. The first-order valence-corrected chi connectivity index (χ1v) is 6.80. The lowest BCUT2D eigenvalue weighted by atomic mass is 9.97. The summed E-state index contributed by atoms with van der Waals surface area (Å²) in [5.74, 6) is 0.846. The van der Waals surface area contributed by atoms with Gasteiger partial charge in [-0.3, -0.25) is 9.69 Å². The highest BCUT2D eigenvalue weighted by molar-refractivity contribution is 5.79. The van der Waals surface area contributed by atoms with E-state index in [0.717, 1.165) is 25.7 Å². The molecule has 1 amide bonds. The molecule has 2 rings (SSSR count). The van der Waals surface area contributed by atoms with Gasteiger partial charge >= 0.3 is 0 Å². The van der Waals surface area contributed by atoms with Gasteiger partial charge in [-0.05, 0) is 39.3 Å². The zero-order valence-corrected chi connectivity index (χ0v) is 11.2. The van der Waals surface area contributed by atoms with Gasteiger partial charge in [-0.25, -0.2) is 0 Å². The van der Waals surface area contributed by atoms with Crippen molar-refractivity contribution in [1.29, 1.82) is 0 Å². The number of likely N-dealkylation sites (N-methyl/N-ethyl adjacent to an activating group) is 1. The molecular weight excluding hydrogens is 214 g/mol. The van der Waals surface area contributed by atoms with Crippen molar-refractivity contribution >= 4 is 5.91 Å². The Morgan fingerprint density at radius 2 is 2.18 bits per heavy atom. The Morgan fingerprint density at radius 3 is 2.71 bits per heavy atom. The molecule has 0 bridgehead atoms. The third-order valence-corrected chi connectivity index (χ3v) is 4.24. The van der Waals surface area contributed by atoms with Gasteiger partial charge in [-0.15, -0.1) is 0 Å². The molecule has 0 aromatic heterocycles. The van der Waals surface area contributed by atoms with Gasteiger partial charge in [0.15, 0.2) is 0 Å². The predicted molar refractivity (Wildman–Crippen MR) is 68.8 cm³/mol. The monoisotopic (exact) mass is 239 g/mol. The highest BCUT2D eigenvalue weighted by Crippen LogP contribution is 2.26. The van der Waals surface area contributed by atoms with Crippen molar-refractivity contribution in [2.24, 2.45) is 11.8 Å². The molecule has 0 aromatic rings. The molecule has 0 aromatic carbocycles. The number of nitrogens with zero attached hydrogens (tertiary/aromatic N) is 1. The van der Waals surface area contributed by atoms with Crippen molar-refractivity contribution in [2.75, 3.05) is 26.7 Å². The molecule has 1 saturated carbocycles. The third kappa shape index (κ3) is 3.19. The van der Waals surface area contributed by atoms with Crippen LogP contribution in [-0.4, -0.2) is 49.6 Å². The van der Waals surface area contributed by atoms with Gasteiger partial charge in [0.05, 0.1) is 5.92 Å². The van der Waals surface area contributed by atoms with Crippen molar-refractivity contribution in [3.05, 3.63) is 0 Å². The van der Waals surface area contributed by atoms with Gasteiger partial charge in [0.2, 0.25) is 5.91 Å². The van der Waals surface area contributed by atoms with Crippen molar-refractivity contribution in [3.63, 3.8) is 0 Å². The zero-order chi connectivity index (χ0) is 12.4. The van der Waals surface area contributed by atoms with Gasteiger partial charge in [0.1, 0.15) is 0 Å². The molecule has 1 aliphatic carbocycles. The SMILES string of the molecule is CC1CNCC1C(=O)NCC(C)N(C)C1CC1. The van der Waals surface area contributed by atoms with E-state index in [-0.39, 0.29) is 11.8 Å². The first-order chi connectivity index (χ1) is 8.09. The number of nitrogens with one attached hydrogen (secondary N) is 2. The minimum absolute atomic E-state index is 0.161. The van der Waals surface area contributed by atoms with E-state index in [1.807, 2.05) is 0 Å². The average molecular weight is 239 g/mol. The minimum Gasteiger partial charge on any atom is -0.354 e. The van der Waals surface area contributed by atoms with Gasteiger partial charge in [0.25, 0.3) is 0 Å². The molecule has 17 heavy (non-hydrogen) atoms. The molecule has 0 radical (unpaired) electrons. The molecule has 1 saturated heterocycles. The Hall–Kier alpha value is -0.610. The van der Waals surface area contributed by atoms with E-state index in [9.17, 15) is 4.79 Å². The topological polar surface area (TPSA) is 44.4 Å². The maximum Gasteiger partial charge on any atom is 0.224 e. The summed E-state index contributed by atoms with van der Waals surface area (Å²) in [6.45, 7) is 6.91. The molecule has 98 valence electrons. The van der Waals surface area contributed by atoms with Crippen LogP contribution in [0.4, 0.5) is 0 Å².